The van der Waals surface area contributed by atoms with Crippen LogP contribution in [0.1, 0.15) is 153 Å². The Bertz CT molecular complexity index is 6170. The summed E-state index contributed by atoms with van der Waals surface area (Å²) in [5.41, 5.74) is 19.6. The zero-order valence-electron chi connectivity index (χ0n) is 78.2. The van der Waals surface area contributed by atoms with E-state index in [-0.39, 0.29) is 71.5 Å². The number of hydrogen-bond acceptors (Lipinski definition) is 18. The van der Waals surface area contributed by atoms with Crippen molar-refractivity contribution in [2.45, 2.75) is 181 Å². The number of fused-ring (bicyclic) bond motifs is 4. The van der Waals surface area contributed by atoms with Gasteiger partial charge in [-0.05, 0) is 160 Å². The molecule has 9 heterocycles. The van der Waals surface area contributed by atoms with E-state index in [9.17, 15) is 38.4 Å². The minimum atomic E-state index is -0.784. The number of carbonyl (C=O) groups is 8. The fraction of sp³-hybridized carbons (Fsp3) is 0.346. The summed E-state index contributed by atoms with van der Waals surface area (Å²) in [4.78, 5) is 137. The number of nitrogens with one attached hydrogen (secondary N) is 6. The van der Waals surface area contributed by atoms with Crippen LogP contribution in [-0.4, -0.2) is 162 Å². The lowest BCUT2D eigenvalue weighted by molar-refractivity contribution is -0.122. The number of anilines is 4. The van der Waals surface area contributed by atoms with Crippen LogP contribution in [0.15, 0.2) is 233 Å². The lowest BCUT2D eigenvalue weighted by Gasteiger charge is -2.32. The topological polar surface area (TPSA) is 335 Å². The van der Waals surface area contributed by atoms with Crippen LogP contribution in [0.5, 0.6) is 0 Å². The number of benzene rings is 8. The van der Waals surface area contributed by atoms with Gasteiger partial charge >= 0.3 is 31.5 Å². The Morgan fingerprint density at radius 3 is 0.955 bits per heavy atom. The van der Waals surface area contributed by atoms with Gasteiger partial charge in [0.1, 0.15) is 35.8 Å². The Kier molecular flexibility index (Phi) is 28.7. The van der Waals surface area contributed by atoms with Gasteiger partial charge in [-0.2, -0.15) is 0 Å². The Labute approximate surface area is 789 Å². The molecule has 1 fully saturated rings. The second-order valence-electron chi connectivity index (χ2n) is 36.8. The molecule has 134 heavy (non-hydrogen) atoms. The van der Waals surface area contributed by atoms with Gasteiger partial charge in [0.15, 0.2) is 0 Å². The molecular weight excluding hydrogens is 1760 g/mol. The minimum absolute atomic E-state index is 0.100. The first-order valence-electron chi connectivity index (χ1n) is 45.3. The average Bonchev–Trinajstić information content (AvgIpc) is 1.62. The number of hydrogen-bond donors (Lipinski definition) is 6. The lowest BCUT2D eigenvalue weighted by atomic mass is 9.79. The molecule has 30 heteroatoms. The van der Waals surface area contributed by atoms with E-state index >= 15 is 0 Å². The molecule has 17 rings (SSSR count). The molecule has 0 saturated carbocycles. The van der Waals surface area contributed by atoms with E-state index in [2.05, 4.69) is 108 Å². The predicted octanol–water partition coefficient (Wildman–Crippen LogP) is 17.6. The lowest BCUT2D eigenvalue weighted by Crippen LogP contribution is -2.54. The SMILES string of the molecule is COC(=O)N[C@H](C(=O)N1c2ccccc2C[C@H]1C1=NC=C(c2ccc(-c3ccc(-c4cnc([C@@H]5Cc6ccccc6N5C(=O)[C@@H](NC(=O)OC)C(C)C)[nH]4)cc3)cc2)C1)C(C)C.COC(=O)N[C@H](C(=O)N1c2ccccc2C[C@H]1C1=NC=C(c2ccc(Br)cc2)C1)C(C)C.COC(=O)N[C@H](C(=O)N1c2ccccc2C[C@H]1c1ncc(-c2ccc(B3OC(C)(C)C(C)(C)O3)cc2)[nH]1)C(C)C. The summed E-state index contributed by atoms with van der Waals surface area (Å²) in [5.74, 6) is -0.0186. The molecule has 0 unspecified atom stereocenters. The van der Waals surface area contributed by atoms with Gasteiger partial charge in [-0.25, -0.2) is 29.1 Å². The third-order valence-corrected chi connectivity index (χ3v) is 26.8. The number of carbonyl (C=O) groups excluding carboxylic acids is 8. The molecule has 8 atom stereocenters. The van der Waals surface area contributed by atoms with Gasteiger partial charge in [0.05, 0.1) is 87.6 Å². The van der Waals surface area contributed by atoms with E-state index in [1.165, 1.54) is 28.4 Å². The highest BCUT2D eigenvalue weighted by atomic mass is 79.9. The highest BCUT2D eigenvalue weighted by molar-refractivity contribution is 9.10. The summed E-state index contributed by atoms with van der Waals surface area (Å²) in [5, 5.41) is 10.9. The number of methoxy groups -OCH3 is 4. The highest BCUT2D eigenvalue weighted by Gasteiger charge is 2.53. The second-order valence-corrected chi connectivity index (χ2v) is 37.7. The van der Waals surface area contributed by atoms with Gasteiger partial charge in [0.25, 0.3) is 23.6 Å². The second kappa shape index (κ2) is 40.5. The molecule has 6 N–H and O–H groups in total. The van der Waals surface area contributed by atoms with Crippen LogP contribution >= 0.6 is 15.9 Å². The Balaban J connectivity index is 0.000000164. The van der Waals surface area contributed by atoms with Gasteiger partial charge in [0, 0.05) is 89.6 Å². The number of H-pyrrole nitrogens is 2. The van der Waals surface area contributed by atoms with Crippen LogP contribution in [0, 0.1) is 23.7 Å². The van der Waals surface area contributed by atoms with Crippen molar-refractivity contribution in [2.75, 3.05) is 48.0 Å². The molecule has 7 aliphatic rings. The Morgan fingerprint density at radius 1 is 0.381 bits per heavy atom. The normalized spacial score (nSPS) is 18.4. The zero-order valence-corrected chi connectivity index (χ0v) is 79.8. The average molecular weight is 1870 g/mol. The maximum Gasteiger partial charge on any atom is 0.494 e. The van der Waals surface area contributed by atoms with E-state index in [0.717, 1.165) is 122 Å². The molecule has 8 aromatic carbocycles. The molecule has 2 aromatic heterocycles. The Morgan fingerprint density at radius 2 is 0.649 bits per heavy atom. The van der Waals surface area contributed by atoms with Crippen molar-refractivity contribution in [3.8, 4) is 33.6 Å². The fourth-order valence-corrected chi connectivity index (χ4v) is 18.4. The fourth-order valence-electron chi connectivity index (χ4n) is 18.1. The molecule has 28 nitrogen and oxygen atoms in total. The monoisotopic (exact) mass is 1870 g/mol. The molecule has 0 spiro atoms. The van der Waals surface area contributed by atoms with Gasteiger partial charge in [-0.3, -0.25) is 39.0 Å². The first-order chi connectivity index (χ1) is 64.2. The van der Waals surface area contributed by atoms with E-state index in [1.54, 1.807) is 27.1 Å². The van der Waals surface area contributed by atoms with E-state index in [1.807, 2.05) is 234 Å². The molecule has 8 amide bonds. The van der Waals surface area contributed by atoms with Crippen molar-refractivity contribution in [2.24, 2.45) is 33.7 Å². The molecule has 0 bridgehead atoms. The molecule has 694 valence electrons. The summed E-state index contributed by atoms with van der Waals surface area (Å²) < 4.78 is 32.6. The number of aromatic amines is 2. The quantitative estimate of drug-likeness (QED) is 0.0271. The zero-order chi connectivity index (χ0) is 95.3. The van der Waals surface area contributed by atoms with Crippen molar-refractivity contribution in [1.82, 2.24) is 41.2 Å². The van der Waals surface area contributed by atoms with Crippen LogP contribution < -0.4 is 46.3 Å². The van der Waals surface area contributed by atoms with Gasteiger partial charge in [0.2, 0.25) is 0 Å². The standard InChI is InChI=1S/C49H51N7O6.C30H37BN4O5.C25H26BrN3O3/c1-28(2)43(53-48(59)61-5)46(57)55-39-13-9-7-11-34(39)24-41(55)37-23-36(26-50-37)32-17-15-30(16-18-32)31-19-21-33(22-20-31)38-27-51-45(52-38)42-25-35-12-8-10-14-40(35)56(42)47(58)44(29(3)4)54-49(60)62-6;1-18(2)25(34-28(37)38-7)27(36)35-23-11-9-8-10-20(23)16-24(35)26-32-17-22(33-26)19-12-14-21(15-13-19)31-39-29(3,4)30(5,6)40-31;1-15(2)23(28-25(31)32-3)24(30)29-21-7-5-4-6-17(21)13-22(29)20-12-18(14-27-20)16-8-10-19(26)11-9-16/h7-22,26-29,41-44H,23-25H2,1-6H3,(H,51,52)(H,53,59)(H,54,60);8-15,17-18,24-25H,16H2,1-7H3,(H,32,33)(H,34,37);4-11,14-15,22-23H,12-13H2,1-3H3,(H,28,31)/t41-,42-,43-,44-;24-,25-;22-,23-/m000/s1. The number of alkyl carbamates (subject to hydrolysis) is 4. The number of halogens is 1. The smallest absolute Gasteiger partial charge is 0.453 e. The van der Waals surface area contributed by atoms with Crippen LogP contribution in [-0.2, 0) is 73.1 Å². The summed E-state index contributed by atoms with van der Waals surface area (Å²) in [6, 6.07) is 60.2. The minimum Gasteiger partial charge on any atom is -0.453 e. The van der Waals surface area contributed by atoms with E-state index < -0.39 is 66.9 Å². The number of aromatic nitrogens is 4. The Hall–Kier alpha value is -13.6. The maximum atomic E-state index is 14.1. The van der Waals surface area contributed by atoms with Crippen molar-refractivity contribution in [1.29, 1.82) is 0 Å². The van der Waals surface area contributed by atoms with Crippen LogP contribution in [0.25, 0.3) is 44.8 Å². The van der Waals surface area contributed by atoms with Gasteiger partial charge < -0.3 is 69.3 Å². The van der Waals surface area contributed by atoms with Crippen LogP contribution in [0.3, 0.4) is 0 Å². The van der Waals surface area contributed by atoms with Gasteiger partial charge in [-0.1, -0.05) is 229 Å². The summed E-state index contributed by atoms with van der Waals surface area (Å²) in [7, 11) is 4.74. The number of imidazole rings is 2. The molecular formula is C104H114BBrN14O14. The molecule has 0 aliphatic carbocycles. The van der Waals surface area contributed by atoms with Crippen molar-refractivity contribution in [3.63, 3.8) is 0 Å². The third-order valence-electron chi connectivity index (χ3n) is 26.3. The summed E-state index contributed by atoms with van der Waals surface area (Å²) in [6.07, 6.45) is 8.65. The molecule has 1 saturated heterocycles. The molecule has 7 aliphatic heterocycles. The molecule has 10 aromatic rings. The number of aliphatic imine (C=N–C) groups is 2. The maximum absolute atomic E-state index is 14.1. The summed E-state index contributed by atoms with van der Waals surface area (Å²) in [6.45, 7) is 23.4. The number of rotatable bonds is 22. The predicted molar refractivity (Wildman–Crippen MR) is 524 cm³/mol. The van der Waals surface area contributed by atoms with Crippen molar-refractivity contribution in [3.05, 3.63) is 268 Å². The highest BCUT2D eigenvalue weighted by Crippen LogP contribution is 2.46. The van der Waals surface area contributed by atoms with Gasteiger partial charge in [-0.15, -0.1) is 0 Å². The number of nitrogens with zero attached hydrogens (tertiary/aromatic N) is 8. The van der Waals surface area contributed by atoms with Crippen molar-refractivity contribution >= 4 is 122 Å². The largest absolute Gasteiger partial charge is 0.494 e. The van der Waals surface area contributed by atoms with Crippen molar-refractivity contribution < 1.29 is 66.6 Å². The number of amides is 8. The number of allylic oxidation sites excluding steroid dienone is 2. The number of ether oxygens (including phenoxy) is 4. The first-order valence-corrected chi connectivity index (χ1v) is 46.1. The van der Waals surface area contributed by atoms with Crippen LogP contribution in [0.4, 0.5) is 41.9 Å². The van der Waals surface area contributed by atoms with E-state index in [0.29, 0.717) is 50.2 Å². The summed E-state index contributed by atoms with van der Waals surface area (Å²) >= 11 is 3.48. The number of para-hydroxylation sites is 4. The molecule has 0 radical (unpaired) electrons. The third kappa shape index (κ3) is 20.0. The van der Waals surface area contributed by atoms with E-state index in [4.69, 9.17) is 48.2 Å². The first kappa shape index (κ1) is 95.0. The van der Waals surface area contributed by atoms with Crippen LogP contribution in [0.2, 0.25) is 0 Å².